The molecule has 1 aliphatic heterocycles. The molecule has 0 amide bonds. The summed E-state index contributed by atoms with van der Waals surface area (Å²) in [5, 5.41) is 31.8. The fraction of sp³-hybridized carbons (Fsp3) is 0. The van der Waals surface area contributed by atoms with E-state index in [0.717, 1.165) is 77.6 Å². The number of hydrogen-bond donors (Lipinski definition) is 7. The van der Waals surface area contributed by atoms with Gasteiger partial charge in [-0.25, -0.2) is 14.4 Å². The summed E-state index contributed by atoms with van der Waals surface area (Å²) in [4.78, 5) is 49.2. The predicted octanol–water partition coefficient (Wildman–Crippen LogP) is 3.98. The Labute approximate surface area is 288 Å². The van der Waals surface area contributed by atoms with Crippen molar-refractivity contribution in [2.24, 2.45) is 0 Å². The number of nitrogens with one attached hydrogen (secondary N) is 4. The number of benzene rings is 3. The zero-order chi connectivity index (χ0) is 35.2. The molecular weight excluding hydrogens is 644 g/mol. The van der Waals surface area contributed by atoms with Gasteiger partial charge in [0.1, 0.15) is 0 Å². The summed E-state index contributed by atoms with van der Waals surface area (Å²) in [7, 11) is 0. The van der Waals surface area contributed by atoms with Gasteiger partial charge in [0.2, 0.25) is 0 Å². The quantitative estimate of drug-likeness (QED) is 0.141. The predicted molar refractivity (Wildman–Crippen MR) is 190 cm³/mol. The molecule has 4 aromatic heterocycles. The van der Waals surface area contributed by atoms with E-state index in [1.165, 1.54) is 0 Å². The van der Waals surface area contributed by atoms with Gasteiger partial charge in [-0.2, -0.15) is 0 Å². The van der Waals surface area contributed by atoms with E-state index in [0.29, 0.717) is 0 Å². The van der Waals surface area contributed by atoms with Crippen molar-refractivity contribution in [2.45, 2.75) is 0 Å². The molecule has 51 heavy (non-hydrogen) atoms. The number of hydrogen-bond acceptors (Lipinski definition) is 3. The van der Waals surface area contributed by atoms with E-state index in [-0.39, 0.29) is 16.7 Å². The van der Waals surface area contributed by atoms with Crippen LogP contribution in [0.2, 0.25) is 0 Å². The van der Waals surface area contributed by atoms with E-state index in [2.05, 4.69) is 19.9 Å². The summed E-state index contributed by atoms with van der Waals surface area (Å²) < 4.78 is 0. The smallest absolute Gasteiger partial charge is 0.335 e. The lowest BCUT2D eigenvalue weighted by Crippen LogP contribution is -2.18. The number of aromatic carboxylic acids is 3. The molecule has 7 N–H and O–H groups in total. The minimum atomic E-state index is -1.02. The maximum absolute atomic E-state index is 11.7. The lowest BCUT2D eigenvalue weighted by atomic mass is 10.0. The number of carboxylic acid groups (broad SMARTS) is 3. The number of H-pyrrole nitrogens is 4. The molecule has 5 heterocycles. The number of aromatic nitrogens is 4. The largest absolute Gasteiger partial charge is 0.478 e. The van der Waals surface area contributed by atoms with E-state index in [9.17, 15) is 29.7 Å². The van der Waals surface area contributed by atoms with Crippen molar-refractivity contribution in [2.75, 3.05) is 0 Å². The molecule has 10 nitrogen and oxygen atoms in total. The molecule has 0 unspecified atom stereocenters. The zero-order valence-electron chi connectivity index (χ0n) is 26.7. The number of aromatic amines is 4. The normalized spacial score (nSPS) is 12.4. The summed E-state index contributed by atoms with van der Waals surface area (Å²) >= 11 is 0. The summed E-state index contributed by atoms with van der Waals surface area (Å²) in [5.74, 6) is -3.04. The molecule has 0 fully saturated rings. The van der Waals surface area contributed by atoms with Gasteiger partial charge in [-0.05, 0) is 108 Å². The van der Waals surface area contributed by atoms with Gasteiger partial charge in [-0.1, -0.05) is 36.4 Å². The van der Waals surface area contributed by atoms with Crippen molar-refractivity contribution in [3.8, 4) is 0 Å². The molecule has 3 aromatic carbocycles. The van der Waals surface area contributed by atoms with E-state index < -0.39 is 17.9 Å². The van der Waals surface area contributed by atoms with Crippen LogP contribution in [0.5, 0.6) is 0 Å². The summed E-state index contributed by atoms with van der Waals surface area (Å²) in [5.41, 5.74) is 8.47. The Hall–Kier alpha value is -7.33. The van der Waals surface area contributed by atoms with E-state index >= 15 is 0 Å². The monoisotopic (exact) mass is 672 g/mol. The van der Waals surface area contributed by atoms with E-state index in [1.54, 1.807) is 72.8 Å². The van der Waals surface area contributed by atoms with Crippen LogP contribution >= 0.6 is 0 Å². The van der Waals surface area contributed by atoms with Crippen molar-refractivity contribution < 1.29 is 29.7 Å². The van der Waals surface area contributed by atoms with Crippen molar-refractivity contribution in [1.29, 1.82) is 0 Å². The summed E-state index contributed by atoms with van der Waals surface area (Å²) in [6.07, 6.45) is 1.99. The average Bonchev–Trinajstić information content (AvgIpc) is 3.96. The molecule has 248 valence electrons. The standard InChI is InChI=1S/C41H28N4O6/c46-39(47)25-7-1-22(2-8-25)36-30-15-13-28(42-30)21-29-14-16-31(43-29)37(23-3-9-26(10-4-23)40(48)49)33-18-20-35(45-33)38(34-19-17-32(36)44-34)24-5-11-27(12-6-24)41(50)51/h1-21,42-45H,(H,46,47)(H,48,49)(H,50,51). The van der Waals surface area contributed by atoms with Gasteiger partial charge in [0.05, 0.1) is 16.7 Å². The summed E-state index contributed by atoms with van der Waals surface area (Å²) in [6, 6.07) is 35.9. The molecule has 0 atom stereocenters. The first-order valence-electron chi connectivity index (χ1n) is 16.0. The van der Waals surface area contributed by atoms with Crippen molar-refractivity contribution in [3.63, 3.8) is 0 Å². The molecule has 0 aliphatic carbocycles. The maximum atomic E-state index is 11.7. The fourth-order valence-electron chi connectivity index (χ4n) is 6.53. The highest BCUT2D eigenvalue weighted by atomic mass is 16.4. The van der Waals surface area contributed by atoms with Crippen molar-refractivity contribution in [1.82, 2.24) is 19.9 Å². The SMILES string of the molecule is O=C(O)c1ccc(C2=c3ccc([nH]3)=Cc3ccc([nH]3)C(c3ccc(C(=O)O)cc3)=c3ccc([nH]3)=C(c3ccc(C(=O)O)cc3)c3ccc2[nH]3)cc1. The second-order valence-electron chi connectivity index (χ2n) is 12.1. The molecule has 8 bridgehead atoms. The zero-order valence-corrected chi connectivity index (χ0v) is 26.7. The molecular formula is C41H28N4O6. The third-order valence-corrected chi connectivity index (χ3v) is 8.98. The molecule has 7 aromatic rings. The Morgan fingerprint density at radius 2 is 0.745 bits per heavy atom. The van der Waals surface area contributed by atoms with Gasteiger partial charge >= 0.3 is 17.9 Å². The maximum Gasteiger partial charge on any atom is 0.335 e. The van der Waals surface area contributed by atoms with Crippen molar-refractivity contribution >= 4 is 40.7 Å². The third kappa shape index (κ3) is 5.76. The van der Waals surface area contributed by atoms with Crippen LogP contribution in [0, 0.1) is 0 Å². The highest BCUT2D eigenvalue weighted by Crippen LogP contribution is 2.27. The molecule has 8 rings (SSSR count). The van der Waals surface area contributed by atoms with Crippen LogP contribution in [0.4, 0.5) is 0 Å². The Morgan fingerprint density at radius 1 is 0.373 bits per heavy atom. The minimum absolute atomic E-state index is 0.162. The van der Waals surface area contributed by atoms with E-state index in [1.807, 2.05) is 54.6 Å². The number of fused-ring (bicyclic) bond motifs is 8. The Kier molecular flexibility index (Phi) is 7.46. The van der Waals surface area contributed by atoms with Gasteiger partial charge in [0, 0.05) is 60.9 Å². The number of carbonyl (C=O) groups is 3. The molecule has 10 heteroatoms. The topological polar surface area (TPSA) is 175 Å². The van der Waals surface area contributed by atoms with E-state index in [4.69, 9.17) is 0 Å². The second-order valence-corrected chi connectivity index (χ2v) is 12.1. The fourth-order valence-corrected chi connectivity index (χ4v) is 6.53. The van der Waals surface area contributed by atoms with Crippen LogP contribution in [-0.2, 0) is 0 Å². The molecule has 0 spiro atoms. The van der Waals surface area contributed by atoms with Gasteiger partial charge in [0.25, 0.3) is 0 Å². The molecule has 0 saturated heterocycles. The van der Waals surface area contributed by atoms with Gasteiger partial charge in [-0.15, -0.1) is 0 Å². The van der Waals surface area contributed by atoms with Gasteiger partial charge < -0.3 is 35.3 Å². The number of carboxylic acids is 3. The van der Waals surface area contributed by atoms with Crippen LogP contribution in [0.25, 0.3) is 22.8 Å². The van der Waals surface area contributed by atoms with Crippen molar-refractivity contribution in [3.05, 3.63) is 199 Å². The van der Waals surface area contributed by atoms with Crippen LogP contribution < -0.4 is 21.4 Å². The first kappa shape index (κ1) is 31.0. The first-order chi connectivity index (χ1) is 24.7. The van der Waals surface area contributed by atoms with Gasteiger partial charge in [0.15, 0.2) is 0 Å². The van der Waals surface area contributed by atoms with Crippen LogP contribution in [-0.4, -0.2) is 53.2 Å². The Bertz CT molecular complexity index is 2760. The highest BCUT2D eigenvalue weighted by Gasteiger charge is 2.17. The lowest BCUT2D eigenvalue weighted by Gasteiger charge is -2.09. The number of rotatable bonds is 6. The second kappa shape index (κ2) is 12.3. The van der Waals surface area contributed by atoms with Crippen LogP contribution in [0.15, 0.2) is 121 Å². The molecule has 0 saturated carbocycles. The highest BCUT2D eigenvalue weighted by molar-refractivity contribution is 5.91. The lowest BCUT2D eigenvalue weighted by molar-refractivity contribution is 0.0686. The average molecular weight is 673 g/mol. The summed E-state index contributed by atoms with van der Waals surface area (Å²) in [6.45, 7) is 0. The third-order valence-electron chi connectivity index (χ3n) is 8.98. The van der Waals surface area contributed by atoms with Gasteiger partial charge in [-0.3, -0.25) is 0 Å². The Morgan fingerprint density at radius 3 is 1.18 bits per heavy atom. The first-order valence-corrected chi connectivity index (χ1v) is 16.0. The molecule has 1 aliphatic rings. The molecule has 0 radical (unpaired) electrons. The Balaban J connectivity index is 1.44. The van der Waals surface area contributed by atoms with Crippen LogP contribution in [0.3, 0.4) is 0 Å². The minimum Gasteiger partial charge on any atom is -0.478 e. The van der Waals surface area contributed by atoms with Crippen LogP contribution in [0.1, 0.15) is 70.5 Å².